The summed E-state index contributed by atoms with van der Waals surface area (Å²) in [4.78, 5) is 7.73. The summed E-state index contributed by atoms with van der Waals surface area (Å²) in [5.41, 5.74) is 7.62. The first-order valence-corrected chi connectivity index (χ1v) is 6.51. The van der Waals surface area contributed by atoms with Crippen molar-refractivity contribution in [1.82, 2.24) is 9.97 Å². The Morgan fingerprint density at radius 2 is 2.33 bits per heavy atom. The normalized spacial score (nSPS) is 28.7. The van der Waals surface area contributed by atoms with Crippen LogP contribution in [-0.2, 0) is 5.54 Å². The first kappa shape index (κ1) is 11.7. The molecule has 0 aliphatic heterocycles. The zero-order valence-corrected chi connectivity index (χ0v) is 10.5. The van der Waals surface area contributed by atoms with Crippen LogP contribution in [0.3, 0.4) is 0 Å². The molecule has 96 valence electrons. The molecule has 2 atom stereocenters. The van der Waals surface area contributed by atoms with Crippen molar-refractivity contribution in [2.45, 2.75) is 38.1 Å². The minimum Gasteiger partial charge on any atom is -0.340 e. The van der Waals surface area contributed by atoms with Gasteiger partial charge in [0.05, 0.1) is 16.6 Å². The number of aromatic nitrogens is 2. The monoisotopic (exact) mass is 247 g/mol. The van der Waals surface area contributed by atoms with Crippen molar-refractivity contribution < 1.29 is 4.39 Å². The smallest absolute Gasteiger partial charge is 0.127 e. The average molecular weight is 247 g/mol. The molecule has 1 aliphatic carbocycles. The van der Waals surface area contributed by atoms with Crippen LogP contribution in [0.2, 0.25) is 0 Å². The number of hydrogen-bond donors (Lipinski definition) is 2. The molecule has 3 N–H and O–H groups in total. The van der Waals surface area contributed by atoms with Gasteiger partial charge in [-0.25, -0.2) is 9.37 Å². The lowest BCUT2D eigenvalue weighted by molar-refractivity contribution is 0.230. The van der Waals surface area contributed by atoms with E-state index in [0.717, 1.165) is 36.1 Å². The van der Waals surface area contributed by atoms with E-state index in [0.29, 0.717) is 5.92 Å². The maximum absolute atomic E-state index is 13.2. The summed E-state index contributed by atoms with van der Waals surface area (Å²) in [7, 11) is 0. The molecule has 2 aromatic rings. The van der Waals surface area contributed by atoms with Gasteiger partial charge in [-0.1, -0.05) is 19.8 Å². The number of H-pyrrole nitrogens is 1. The van der Waals surface area contributed by atoms with Crippen LogP contribution in [0.4, 0.5) is 4.39 Å². The van der Waals surface area contributed by atoms with Gasteiger partial charge >= 0.3 is 0 Å². The standard InChI is InChI=1S/C14H18FN3/c1-9-3-2-6-14(16,8-9)13-17-11-5-4-10(15)7-12(11)18-13/h4-5,7,9H,2-3,6,8,16H2,1H3,(H,17,18). The lowest BCUT2D eigenvalue weighted by atomic mass is 9.76. The third-order valence-corrected chi connectivity index (χ3v) is 3.95. The van der Waals surface area contributed by atoms with Crippen molar-refractivity contribution in [3.05, 3.63) is 29.8 Å². The van der Waals surface area contributed by atoms with Crippen LogP contribution in [0.5, 0.6) is 0 Å². The third-order valence-electron chi connectivity index (χ3n) is 3.95. The highest BCUT2D eigenvalue weighted by atomic mass is 19.1. The van der Waals surface area contributed by atoms with Crippen LogP contribution in [0, 0.1) is 11.7 Å². The Balaban J connectivity index is 2.03. The lowest BCUT2D eigenvalue weighted by Gasteiger charge is -2.35. The SMILES string of the molecule is CC1CCCC(N)(c2nc3ccc(F)cc3[nH]2)C1. The molecule has 0 amide bonds. The number of nitrogens with one attached hydrogen (secondary N) is 1. The highest BCUT2D eigenvalue weighted by Gasteiger charge is 2.35. The van der Waals surface area contributed by atoms with E-state index in [9.17, 15) is 4.39 Å². The van der Waals surface area contributed by atoms with E-state index in [1.165, 1.54) is 18.6 Å². The lowest BCUT2D eigenvalue weighted by Crippen LogP contribution is -2.42. The Labute approximate surface area is 106 Å². The molecule has 1 aliphatic rings. The fourth-order valence-electron chi connectivity index (χ4n) is 3.02. The molecule has 18 heavy (non-hydrogen) atoms. The molecular weight excluding hydrogens is 229 g/mol. The van der Waals surface area contributed by atoms with Crippen molar-refractivity contribution in [2.24, 2.45) is 11.7 Å². The van der Waals surface area contributed by atoms with Crippen LogP contribution in [-0.4, -0.2) is 9.97 Å². The molecular formula is C14H18FN3. The molecule has 0 spiro atoms. The molecule has 1 fully saturated rings. The molecule has 1 aromatic heterocycles. The summed E-state index contributed by atoms with van der Waals surface area (Å²) in [5, 5.41) is 0. The predicted octanol–water partition coefficient (Wildman–Crippen LogP) is 3.07. The predicted molar refractivity (Wildman–Crippen MR) is 69.5 cm³/mol. The highest BCUT2D eigenvalue weighted by Crippen LogP contribution is 2.37. The molecule has 1 heterocycles. The van der Waals surface area contributed by atoms with Crippen molar-refractivity contribution >= 4 is 11.0 Å². The van der Waals surface area contributed by atoms with Gasteiger partial charge in [0.15, 0.2) is 0 Å². The fourth-order valence-corrected chi connectivity index (χ4v) is 3.02. The second kappa shape index (κ2) is 4.05. The van der Waals surface area contributed by atoms with E-state index >= 15 is 0 Å². The minimum atomic E-state index is -0.382. The molecule has 1 saturated carbocycles. The van der Waals surface area contributed by atoms with Crippen LogP contribution in [0.1, 0.15) is 38.4 Å². The van der Waals surface area contributed by atoms with Gasteiger partial charge in [-0.15, -0.1) is 0 Å². The van der Waals surface area contributed by atoms with Gasteiger partial charge in [0.2, 0.25) is 0 Å². The molecule has 3 rings (SSSR count). The van der Waals surface area contributed by atoms with E-state index in [1.54, 1.807) is 6.07 Å². The first-order chi connectivity index (χ1) is 8.57. The van der Waals surface area contributed by atoms with Gasteiger partial charge in [0.1, 0.15) is 11.6 Å². The zero-order chi connectivity index (χ0) is 12.8. The van der Waals surface area contributed by atoms with Gasteiger partial charge in [-0.2, -0.15) is 0 Å². The van der Waals surface area contributed by atoms with Gasteiger partial charge in [0.25, 0.3) is 0 Å². The average Bonchev–Trinajstić information content (AvgIpc) is 2.72. The number of rotatable bonds is 1. The summed E-state index contributed by atoms with van der Waals surface area (Å²) >= 11 is 0. The van der Waals surface area contributed by atoms with Crippen molar-refractivity contribution in [3.63, 3.8) is 0 Å². The molecule has 2 unspecified atom stereocenters. The van der Waals surface area contributed by atoms with E-state index in [4.69, 9.17) is 5.73 Å². The molecule has 4 heteroatoms. The number of nitrogens with two attached hydrogens (primary N) is 1. The summed E-state index contributed by atoms with van der Waals surface area (Å²) in [5.74, 6) is 1.17. The third kappa shape index (κ3) is 1.90. The van der Waals surface area contributed by atoms with E-state index < -0.39 is 0 Å². The number of hydrogen-bond acceptors (Lipinski definition) is 2. The summed E-state index contributed by atoms with van der Waals surface area (Å²) in [6.45, 7) is 2.23. The van der Waals surface area contributed by atoms with Crippen molar-refractivity contribution in [2.75, 3.05) is 0 Å². The zero-order valence-electron chi connectivity index (χ0n) is 10.5. The molecule has 3 nitrogen and oxygen atoms in total. The Hall–Kier alpha value is -1.42. The summed E-state index contributed by atoms with van der Waals surface area (Å²) in [6.07, 6.45) is 4.24. The summed E-state index contributed by atoms with van der Waals surface area (Å²) < 4.78 is 13.2. The topological polar surface area (TPSA) is 54.7 Å². The van der Waals surface area contributed by atoms with Crippen LogP contribution >= 0.6 is 0 Å². The van der Waals surface area contributed by atoms with Gasteiger partial charge < -0.3 is 10.7 Å². The second-order valence-corrected chi connectivity index (χ2v) is 5.60. The van der Waals surface area contributed by atoms with Gasteiger partial charge in [0, 0.05) is 0 Å². The molecule has 0 bridgehead atoms. The van der Waals surface area contributed by atoms with Gasteiger partial charge in [-0.05, 0) is 37.0 Å². The minimum absolute atomic E-state index is 0.249. The first-order valence-electron chi connectivity index (χ1n) is 6.51. The van der Waals surface area contributed by atoms with E-state index in [-0.39, 0.29) is 11.4 Å². The number of nitrogens with zero attached hydrogens (tertiary/aromatic N) is 1. The Morgan fingerprint density at radius 3 is 3.11 bits per heavy atom. The van der Waals surface area contributed by atoms with Crippen LogP contribution in [0.15, 0.2) is 18.2 Å². The molecule has 1 aromatic carbocycles. The molecule has 0 saturated heterocycles. The Kier molecular flexibility index (Phi) is 2.63. The number of benzene rings is 1. The summed E-state index contributed by atoms with van der Waals surface area (Å²) in [6, 6.07) is 4.60. The van der Waals surface area contributed by atoms with Crippen LogP contribution in [0.25, 0.3) is 11.0 Å². The highest BCUT2D eigenvalue weighted by molar-refractivity contribution is 5.75. The second-order valence-electron chi connectivity index (χ2n) is 5.60. The van der Waals surface area contributed by atoms with Crippen molar-refractivity contribution in [3.8, 4) is 0 Å². The Morgan fingerprint density at radius 1 is 1.50 bits per heavy atom. The fraction of sp³-hybridized carbons (Fsp3) is 0.500. The maximum Gasteiger partial charge on any atom is 0.127 e. The van der Waals surface area contributed by atoms with Crippen LogP contribution < -0.4 is 5.73 Å². The number of aromatic amines is 1. The van der Waals surface area contributed by atoms with Gasteiger partial charge in [-0.3, -0.25) is 0 Å². The maximum atomic E-state index is 13.2. The molecule has 0 radical (unpaired) electrons. The number of imidazole rings is 1. The number of halogens is 1. The number of fused-ring (bicyclic) bond motifs is 1. The Bertz CT molecular complexity index is 577. The largest absolute Gasteiger partial charge is 0.340 e. The quantitative estimate of drug-likeness (QED) is 0.813. The van der Waals surface area contributed by atoms with Crippen molar-refractivity contribution in [1.29, 1.82) is 0 Å². The van der Waals surface area contributed by atoms with E-state index in [2.05, 4.69) is 16.9 Å². The van der Waals surface area contributed by atoms with E-state index in [1.807, 2.05) is 0 Å².